The maximum absolute atomic E-state index is 5.06. The molecule has 0 saturated carbocycles. The third-order valence-corrected chi connectivity index (χ3v) is 11.6. The third kappa shape index (κ3) is 5.01. The standard InChI is InChI=1S/C49H30N4S/c1-2-12-32(13-3-1)47-50-48(52-49(51-47)36-22-21-31-11-4-5-14-34(31)29-36)33-23-26-37(27-24-33)53-42-18-8-6-15-39(42)40-28-25-35(30-43(40)53)38-17-10-20-45-46(38)41-16-7-9-19-44(41)54-45/h1-30H. The van der Waals surface area contributed by atoms with Gasteiger partial charge in [0.2, 0.25) is 0 Å². The van der Waals surface area contributed by atoms with E-state index < -0.39 is 0 Å². The van der Waals surface area contributed by atoms with Gasteiger partial charge >= 0.3 is 0 Å². The molecule has 4 nitrogen and oxygen atoms in total. The Kier molecular flexibility index (Phi) is 7.00. The Morgan fingerprint density at radius 3 is 1.81 bits per heavy atom. The Labute approximate surface area is 315 Å². The van der Waals surface area contributed by atoms with Gasteiger partial charge in [-0.05, 0) is 76.5 Å². The molecule has 0 atom stereocenters. The van der Waals surface area contributed by atoms with Crippen molar-refractivity contribution in [2.24, 2.45) is 0 Å². The zero-order valence-electron chi connectivity index (χ0n) is 29.0. The molecule has 0 fully saturated rings. The van der Waals surface area contributed by atoms with E-state index in [0.29, 0.717) is 17.5 Å². The van der Waals surface area contributed by atoms with E-state index in [1.54, 1.807) is 0 Å². The molecule has 0 aliphatic heterocycles. The van der Waals surface area contributed by atoms with E-state index in [4.69, 9.17) is 15.0 Å². The predicted octanol–water partition coefficient (Wildman–Crippen LogP) is 13.2. The maximum atomic E-state index is 5.06. The molecule has 3 heterocycles. The highest BCUT2D eigenvalue weighted by Gasteiger charge is 2.17. The number of fused-ring (bicyclic) bond motifs is 7. The number of benzene rings is 8. The highest BCUT2D eigenvalue weighted by molar-refractivity contribution is 7.25. The fourth-order valence-electron chi connectivity index (χ4n) is 7.87. The summed E-state index contributed by atoms with van der Waals surface area (Å²) < 4.78 is 5.00. The van der Waals surface area contributed by atoms with E-state index in [2.05, 4.69) is 156 Å². The van der Waals surface area contributed by atoms with E-state index in [0.717, 1.165) is 27.8 Å². The molecule has 0 amide bonds. The van der Waals surface area contributed by atoms with Crippen LogP contribution in [0.1, 0.15) is 0 Å². The Morgan fingerprint density at radius 2 is 0.981 bits per heavy atom. The highest BCUT2D eigenvalue weighted by Crippen LogP contribution is 2.42. The molecule has 8 aromatic carbocycles. The lowest BCUT2D eigenvalue weighted by molar-refractivity contribution is 1.07. The summed E-state index contributed by atoms with van der Waals surface area (Å²) >= 11 is 1.86. The highest BCUT2D eigenvalue weighted by atomic mass is 32.1. The van der Waals surface area contributed by atoms with Gasteiger partial charge in [-0.2, -0.15) is 0 Å². The van der Waals surface area contributed by atoms with Crippen LogP contribution in [0, 0.1) is 0 Å². The fourth-order valence-corrected chi connectivity index (χ4v) is 9.00. The van der Waals surface area contributed by atoms with Gasteiger partial charge in [0.1, 0.15) is 0 Å². The minimum atomic E-state index is 0.638. The van der Waals surface area contributed by atoms with Crippen LogP contribution in [0.25, 0.3) is 104 Å². The summed E-state index contributed by atoms with van der Waals surface area (Å²) in [5.74, 6) is 1.94. The van der Waals surface area contributed by atoms with Crippen LogP contribution >= 0.6 is 11.3 Å². The summed E-state index contributed by atoms with van der Waals surface area (Å²) in [4.78, 5) is 15.0. The van der Waals surface area contributed by atoms with Crippen molar-refractivity contribution in [3.63, 3.8) is 0 Å². The van der Waals surface area contributed by atoms with E-state index in [9.17, 15) is 0 Å². The Hall–Kier alpha value is -6.95. The van der Waals surface area contributed by atoms with E-state index in [1.807, 2.05) is 41.7 Å². The van der Waals surface area contributed by atoms with E-state index in [1.165, 1.54) is 58.5 Å². The Bertz CT molecular complexity index is 3210. The first-order valence-electron chi connectivity index (χ1n) is 18.1. The lowest BCUT2D eigenvalue weighted by atomic mass is 9.98. The van der Waals surface area contributed by atoms with Gasteiger partial charge in [-0.1, -0.05) is 127 Å². The molecule has 3 aromatic heterocycles. The smallest absolute Gasteiger partial charge is 0.164 e. The largest absolute Gasteiger partial charge is 0.309 e. The maximum Gasteiger partial charge on any atom is 0.164 e. The quantitative estimate of drug-likeness (QED) is 0.179. The molecule has 0 aliphatic rings. The van der Waals surface area contributed by atoms with Crippen LogP contribution in [0.15, 0.2) is 182 Å². The molecule has 0 saturated heterocycles. The van der Waals surface area contributed by atoms with Gasteiger partial charge < -0.3 is 4.57 Å². The van der Waals surface area contributed by atoms with Crippen molar-refractivity contribution in [1.29, 1.82) is 0 Å². The monoisotopic (exact) mass is 706 g/mol. The number of nitrogens with zero attached hydrogens (tertiary/aromatic N) is 4. The van der Waals surface area contributed by atoms with Gasteiger partial charge in [0.25, 0.3) is 0 Å². The first-order valence-corrected chi connectivity index (χ1v) is 18.9. The third-order valence-electron chi connectivity index (χ3n) is 10.4. The first-order chi connectivity index (χ1) is 26.7. The molecule has 0 bridgehead atoms. The van der Waals surface area contributed by atoms with Crippen LogP contribution in [-0.2, 0) is 0 Å². The second kappa shape index (κ2) is 12.3. The number of hydrogen-bond donors (Lipinski definition) is 0. The number of hydrogen-bond acceptors (Lipinski definition) is 4. The average molecular weight is 707 g/mol. The second-order valence-electron chi connectivity index (χ2n) is 13.6. The van der Waals surface area contributed by atoms with Gasteiger partial charge in [-0.3, -0.25) is 0 Å². The number of rotatable bonds is 5. The number of para-hydroxylation sites is 1. The lowest BCUT2D eigenvalue weighted by Gasteiger charge is -2.12. The van der Waals surface area contributed by atoms with E-state index >= 15 is 0 Å². The van der Waals surface area contributed by atoms with Crippen molar-refractivity contribution >= 4 is 64.1 Å². The van der Waals surface area contributed by atoms with Gasteiger partial charge in [0, 0.05) is 53.3 Å². The van der Waals surface area contributed by atoms with E-state index in [-0.39, 0.29) is 0 Å². The molecular formula is C49H30N4S. The summed E-state index contributed by atoms with van der Waals surface area (Å²) in [6.45, 7) is 0. The summed E-state index contributed by atoms with van der Waals surface area (Å²) in [5, 5.41) is 7.42. The van der Waals surface area contributed by atoms with Gasteiger partial charge in [0.05, 0.1) is 11.0 Å². The van der Waals surface area contributed by atoms with Crippen LogP contribution in [0.5, 0.6) is 0 Å². The fraction of sp³-hybridized carbons (Fsp3) is 0. The minimum Gasteiger partial charge on any atom is -0.309 e. The molecule has 54 heavy (non-hydrogen) atoms. The summed E-state index contributed by atoms with van der Waals surface area (Å²) in [7, 11) is 0. The SMILES string of the molecule is c1ccc(-c2nc(-c3ccc(-n4c5ccccc5c5ccc(-c6cccc7sc8ccccc8c67)cc54)cc3)nc(-c3ccc4ccccc4c3)n2)cc1. The van der Waals surface area contributed by atoms with Crippen LogP contribution in [-0.4, -0.2) is 19.5 Å². The molecule has 11 aromatic rings. The summed E-state index contributed by atoms with van der Waals surface area (Å²) in [6.07, 6.45) is 0. The van der Waals surface area contributed by atoms with Gasteiger partial charge in [-0.15, -0.1) is 11.3 Å². The normalized spacial score (nSPS) is 11.7. The molecule has 0 spiro atoms. The number of aromatic nitrogens is 4. The van der Waals surface area contributed by atoms with Gasteiger partial charge in [0.15, 0.2) is 17.5 Å². The zero-order chi connectivity index (χ0) is 35.6. The number of thiophene rings is 1. The Balaban J connectivity index is 1.05. The van der Waals surface area contributed by atoms with Crippen molar-refractivity contribution in [1.82, 2.24) is 19.5 Å². The summed E-state index contributed by atoms with van der Waals surface area (Å²) in [6, 6.07) is 64.5. The topological polar surface area (TPSA) is 43.6 Å². The average Bonchev–Trinajstić information content (AvgIpc) is 3.79. The first kappa shape index (κ1) is 30.7. The van der Waals surface area contributed by atoms with Crippen LogP contribution in [0.2, 0.25) is 0 Å². The van der Waals surface area contributed by atoms with Crippen LogP contribution < -0.4 is 0 Å². The predicted molar refractivity (Wildman–Crippen MR) is 226 cm³/mol. The van der Waals surface area contributed by atoms with Gasteiger partial charge in [-0.25, -0.2) is 15.0 Å². The lowest BCUT2D eigenvalue weighted by Crippen LogP contribution is -2.00. The molecule has 0 aliphatic carbocycles. The minimum absolute atomic E-state index is 0.638. The zero-order valence-corrected chi connectivity index (χ0v) is 29.8. The molecule has 11 rings (SSSR count). The van der Waals surface area contributed by atoms with Crippen molar-refractivity contribution in [2.75, 3.05) is 0 Å². The molecule has 0 radical (unpaired) electrons. The van der Waals surface area contributed by atoms with Crippen molar-refractivity contribution in [3.05, 3.63) is 182 Å². The Morgan fingerprint density at radius 1 is 0.370 bits per heavy atom. The van der Waals surface area contributed by atoms with Crippen LogP contribution in [0.4, 0.5) is 0 Å². The van der Waals surface area contributed by atoms with Crippen molar-refractivity contribution in [3.8, 4) is 51.0 Å². The van der Waals surface area contributed by atoms with Crippen LogP contribution in [0.3, 0.4) is 0 Å². The molecule has 0 unspecified atom stereocenters. The van der Waals surface area contributed by atoms with Crippen molar-refractivity contribution < 1.29 is 0 Å². The molecule has 5 heteroatoms. The molecular weight excluding hydrogens is 677 g/mol. The molecule has 0 N–H and O–H groups in total. The second-order valence-corrected chi connectivity index (χ2v) is 14.7. The molecule has 252 valence electrons. The summed E-state index contributed by atoms with van der Waals surface area (Å²) in [5.41, 5.74) is 8.71. The van der Waals surface area contributed by atoms with Crippen molar-refractivity contribution in [2.45, 2.75) is 0 Å².